The number of benzene rings is 1. The van der Waals surface area contributed by atoms with Crippen LogP contribution in [0, 0.1) is 5.92 Å². The van der Waals surface area contributed by atoms with Crippen LogP contribution < -0.4 is 5.32 Å². The normalized spacial score (nSPS) is 22.4. The number of hydrogen-bond donors (Lipinski definition) is 1. The predicted molar refractivity (Wildman–Crippen MR) is 81.1 cm³/mol. The number of thioether (sulfide) groups is 1. The van der Waals surface area contributed by atoms with Crippen molar-refractivity contribution in [1.29, 1.82) is 0 Å². The molecule has 3 heteroatoms. The summed E-state index contributed by atoms with van der Waals surface area (Å²) in [5, 5.41) is 4.65. The second-order valence-corrected chi connectivity index (χ2v) is 6.00. The molecule has 3 unspecified atom stereocenters. The van der Waals surface area contributed by atoms with Crippen LogP contribution in [-0.4, -0.2) is 17.0 Å². The second kappa shape index (κ2) is 6.28. The summed E-state index contributed by atoms with van der Waals surface area (Å²) in [5.74, 6) is 1.74. The number of nitrogens with one attached hydrogen (secondary N) is 1. The average Bonchev–Trinajstić information content (AvgIpc) is 2.87. The van der Waals surface area contributed by atoms with Gasteiger partial charge in [-0.15, -0.1) is 0 Å². The summed E-state index contributed by atoms with van der Waals surface area (Å²) in [5.41, 5.74) is 1.32. The molecule has 2 nitrogen and oxygen atoms in total. The minimum Gasteiger partial charge on any atom is -0.362 e. The Hall–Kier alpha value is -0.960. The monoisotopic (exact) mass is 262 g/mol. The van der Waals surface area contributed by atoms with Crippen molar-refractivity contribution in [3.05, 3.63) is 35.9 Å². The van der Waals surface area contributed by atoms with Crippen molar-refractivity contribution >= 4 is 16.9 Å². The van der Waals surface area contributed by atoms with Gasteiger partial charge in [0.15, 0.2) is 5.17 Å². The van der Waals surface area contributed by atoms with E-state index in [1.807, 2.05) is 11.8 Å². The van der Waals surface area contributed by atoms with Crippen LogP contribution in [0.3, 0.4) is 0 Å². The molecule has 0 aliphatic carbocycles. The van der Waals surface area contributed by atoms with Gasteiger partial charge < -0.3 is 5.32 Å². The van der Waals surface area contributed by atoms with Crippen LogP contribution >= 0.6 is 11.8 Å². The Balaban J connectivity index is 1.97. The summed E-state index contributed by atoms with van der Waals surface area (Å²) in [6.45, 7) is 6.76. The molecule has 0 radical (unpaired) electrons. The number of nitrogens with zero attached hydrogens (tertiary/aromatic N) is 1. The summed E-state index contributed by atoms with van der Waals surface area (Å²) in [4.78, 5) is 4.78. The molecular weight excluding hydrogens is 240 g/mol. The standard InChI is InChI=1S/C15H22N2S/c1-4-11(2)12(3)16-15-17-14(10-18-15)13-8-6-5-7-9-13/h5-9,11-12,14H,4,10H2,1-3H3,(H,16,17). The van der Waals surface area contributed by atoms with Crippen molar-refractivity contribution in [3.8, 4) is 0 Å². The zero-order valence-corrected chi connectivity index (χ0v) is 12.2. The van der Waals surface area contributed by atoms with Crippen molar-refractivity contribution in [2.75, 3.05) is 5.75 Å². The summed E-state index contributed by atoms with van der Waals surface area (Å²) in [7, 11) is 0. The van der Waals surface area contributed by atoms with Crippen molar-refractivity contribution in [2.45, 2.75) is 39.3 Å². The highest BCUT2D eigenvalue weighted by Gasteiger charge is 2.21. The summed E-state index contributed by atoms with van der Waals surface area (Å²) in [6.07, 6.45) is 1.20. The van der Waals surface area contributed by atoms with E-state index in [4.69, 9.17) is 4.99 Å². The maximum atomic E-state index is 4.78. The van der Waals surface area contributed by atoms with Gasteiger partial charge in [-0.05, 0) is 18.4 Å². The van der Waals surface area contributed by atoms with E-state index in [1.54, 1.807) is 0 Å². The molecule has 1 aliphatic heterocycles. The van der Waals surface area contributed by atoms with Crippen LogP contribution in [0.5, 0.6) is 0 Å². The molecule has 1 aliphatic rings. The van der Waals surface area contributed by atoms with Gasteiger partial charge in [-0.1, -0.05) is 62.4 Å². The van der Waals surface area contributed by atoms with Crippen LogP contribution in [0.4, 0.5) is 0 Å². The highest BCUT2D eigenvalue weighted by Crippen LogP contribution is 2.29. The first kappa shape index (κ1) is 13.5. The third kappa shape index (κ3) is 3.29. The Kier molecular flexibility index (Phi) is 4.70. The lowest BCUT2D eigenvalue weighted by Crippen LogP contribution is -2.34. The van der Waals surface area contributed by atoms with E-state index < -0.39 is 0 Å². The molecule has 1 aromatic carbocycles. The Bertz CT molecular complexity index is 402. The van der Waals surface area contributed by atoms with Gasteiger partial charge in [-0.3, -0.25) is 4.99 Å². The zero-order chi connectivity index (χ0) is 13.0. The third-order valence-corrected chi connectivity index (χ3v) is 4.66. The molecule has 1 aromatic rings. The molecule has 1 N–H and O–H groups in total. The number of rotatable bonds is 4. The smallest absolute Gasteiger partial charge is 0.157 e. The van der Waals surface area contributed by atoms with Crippen LogP contribution in [0.25, 0.3) is 0 Å². The molecule has 0 amide bonds. The Morgan fingerprint density at radius 1 is 1.33 bits per heavy atom. The van der Waals surface area contributed by atoms with Gasteiger partial charge in [0.2, 0.25) is 0 Å². The summed E-state index contributed by atoms with van der Waals surface area (Å²) >= 11 is 1.84. The van der Waals surface area contributed by atoms with E-state index in [-0.39, 0.29) is 0 Å². The molecule has 1 heterocycles. The predicted octanol–water partition coefficient (Wildman–Crippen LogP) is 3.85. The van der Waals surface area contributed by atoms with Crippen molar-refractivity contribution in [3.63, 3.8) is 0 Å². The number of amidine groups is 1. The van der Waals surface area contributed by atoms with Gasteiger partial charge >= 0.3 is 0 Å². The molecule has 0 bridgehead atoms. The SMILES string of the molecule is CCC(C)C(C)NC1=NC(c2ccccc2)CS1. The van der Waals surface area contributed by atoms with Gasteiger partial charge in [-0.25, -0.2) is 0 Å². The van der Waals surface area contributed by atoms with Crippen molar-refractivity contribution in [1.82, 2.24) is 5.32 Å². The van der Waals surface area contributed by atoms with Gasteiger partial charge in [0.25, 0.3) is 0 Å². The fourth-order valence-electron chi connectivity index (χ4n) is 1.99. The lowest BCUT2D eigenvalue weighted by molar-refractivity contribution is 0.439. The lowest BCUT2D eigenvalue weighted by atomic mass is 10.0. The molecular formula is C15H22N2S. The maximum absolute atomic E-state index is 4.78. The first-order valence-corrected chi connectivity index (χ1v) is 7.71. The number of hydrogen-bond acceptors (Lipinski definition) is 3. The van der Waals surface area contributed by atoms with E-state index in [2.05, 4.69) is 56.4 Å². The molecule has 98 valence electrons. The van der Waals surface area contributed by atoms with Gasteiger partial charge in [0.05, 0.1) is 6.04 Å². The Morgan fingerprint density at radius 2 is 2.06 bits per heavy atom. The molecule has 2 rings (SSSR count). The van der Waals surface area contributed by atoms with Crippen molar-refractivity contribution < 1.29 is 0 Å². The van der Waals surface area contributed by atoms with E-state index in [0.29, 0.717) is 18.0 Å². The van der Waals surface area contributed by atoms with Crippen LogP contribution in [0.15, 0.2) is 35.3 Å². The van der Waals surface area contributed by atoms with Crippen LogP contribution in [-0.2, 0) is 0 Å². The third-order valence-electron chi connectivity index (χ3n) is 3.68. The first-order valence-electron chi connectivity index (χ1n) is 6.72. The highest BCUT2D eigenvalue weighted by molar-refractivity contribution is 8.14. The quantitative estimate of drug-likeness (QED) is 0.891. The summed E-state index contributed by atoms with van der Waals surface area (Å²) < 4.78 is 0. The van der Waals surface area contributed by atoms with Gasteiger partial charge in [0.1, 0.15) is 0 Å². The largest absolute Gasteiger partial charge is 0.362 e. The van der Waals surface area contributed by atoms with E-state index >= 15 is 0 Å². The zero-order valence-electron chi connectivity index (χ0n) is 11.4. The highest BCUT2D eigenvalue weighted by atomic mass is 32.2. The molecule has 0 saturated heterocycles. The van der Waals surface area contributed by atoms with E-state index in [0.717, 1.165) is 10.9 Å². The van der Waals surface area contributed by atoms with Crippen LogP contribution in [0.2, 0.25) is 0 Å². The molecule has 0 fully saturated rings. The number of aliphatic imine (C=N–C) groups is 1. The van der Waals surface area contributed by atoms with Gasteiger partial charge in [-0.2, -0.15) is 0 Å². The Labute approximate surface area is 114 Å². The van der Waals surface area contributed by atoms with Gasteiger partial charge in [0, 0.05) is 11.8 Å². The molecule has 0 spiro atoms. The van der Waals surface area contributed by atoms with Crippen molar-refractivity contribution in [2.24, 2.45) is 10.9 Å². The topological polar surface area (TPSA) is 24.4 Å². The fourth-order valence-corrected chi connectivity index (χ4v) is 3.04. The molecule has 18 heavy (non-hydrogen) atoms. The maximum Gasteiger partial charge on any atom is 0.157 e. The Morgan fingerprint density at radius 3 is 2.72 bits per heavy atom. The van der Waals surface area contributed by atoms with E-state index in [9.17, 15) is 0 Å². The minimum atomic E-state index is 0.322. The van der Waals surface area contributed by atoms with E-state index in [1.165, 1.54) is 12.0 Å². The minimum absolute atomic E-state index is 0.322. The second-order valence-electron chi connectivity index (χ2n) is 4.99. The average molecular weight is 262 g/mol. The first-order chi connectivity index (χ1) is 8.70. The fraction of sp³-hybridized carbons (Fsp3) is 0.533. The molecule has 0 aromatic heterocycles. The molecule has 3 atom stereocenters. The summed E-state index contributed by atoms with van der Waals surface area (Å²) in [6, 6.07) is 11.4. The lowest BCUT2D eigenvalue weighted by Gasteiger charge is -2.20. The molecule has 0 saturated carbocycles. The van der Waals surface area contributed by atoms with Crippen LogP contribution in [0.1, 0.15) is 38.8 Å².